The number of thiophene rings is 1. The molecule has 2 heterocycles. The van der Waals surface area contributed by atoms with Crippen LogP contribution in [0.3, 0.4) is 0 Å². The molecule has 1 aliphatic rings. The smallest absolute Gasteiger partial charge is 0.262 e. The maximum Gasteiger partial charge on any atom is 0.262 e. The number of carbonyl (C=O) groups excluding carboxylic acids is 2. The zero-order valence-corrected chi connectivity index (χ0v) is 19.0. The SMILES string of the molecule is CC1CCN(Cc2ccc(CNC(=O)C(NC(=O)c3cccs3)C(C)C)cc2)CC1. The molecule has 0 spiro atoms. The van der Waals surface area contributed by atoms with E-state index < -0.39 is 6.04 Å². The average molecular weight is 428 g/mol. The van der Waals surface area contributed by atoms with Crippen molar-refractivity contribution < 1.29 is 9.59 Å². The van der Waals surface area contributed by atoms with Crippen LogP contribution in [0.4, 0.5) is 0 Å². The number of nitrogens with one attached hydrogen (secondary N) is 2. The van der Waals surface area contributed by atoms with Crippen molar-refractivity contribution in [2.24, 2.45) is 11.8 Å². The Morgan fingerprint density at radius 1 is 1.10 bits per heavy atom. The molecule has 0 saturated carbocycles. The maximum atomic E-state index is 12.7. The second-order valence-electron chi connectivity index (χ2n) is 8.67. The van der Waals surface area contributed by atoms with E-state index in [9.17, 15) is 9.59 Å². The molecule has 30 heavy (non-hydrogen) atoms. The van der Waals surface area contributed by atoms with Gasteiger partial charge in [-0.15, -0.1) is 11.3 Å². The van der Waals surface area contributed by atoms with Crippen LogP contribution < -0.4 is 10.6 Å². The topological polar surface area (TPSA) is 61.4 Å². The van der Waals surface area contributed by atoms with E-state index in [4.69, 9.17) is 0 Å². The zero-order chi connectivity index (χ0) is 21.5. The summed E-state index contributed by atoms with van der Waals surface area (Å²) in [7, 11) is 0. The highest BCUT2D eigenvalue weighted by Gasteiger charge is 2.24. The summed E-state index contributed by atoms with van der Waals surface area (Å²) < 4.78 is 0. The largest absolute Gasteiger partial charge is 0.350 e. The second kappa shape index (κ2) is 10.7. The number of hydrogen-bond donors (Lipinski definition) is 2. The number of likely N-dealkylation sites (tertiary alicyclic amines) is 1. The van der Waals surface area contributed by atoms with E-state index in [1.807, 2.05) is 25.3 Å². The Hall–Kier alpha value is -2.18. The first-order valence-corrected chi connectivity index (χ1v) is 11.7. The summed E-state index contributed by atoms with van der Waals surface area (Å²) in [6.45, 7) is 10.0. The Morgan fingerprint density at radius 3 is 2.37 bits per heavy atom. The number of rotatable bonds is 8. The summed E-state index contributed by atoms with van der Waals surface area (Å²) in [4.78, 5) is 28.2. The van der Waals surface area contributed by atoms with Crippen molar-refractivity contribution in [3.63, 3.8) is 0 Å². The summed E-state index contributed by atoms with van der Waals surface area (Å²) >= 11 is 1.37. The molecule has 1 aliphatic heterocycles. The molecule has 2 aromatic rings. The van der Waals surface area contributed by atoms with Gasteiger partial charge in [0.2, 0.25) is 5.91 Å². The number of benzene rings is 1. The molecule has 1 aromatic carbocycles. The lowest BCUT2D eigenvalue weighted by molar-refractivity contribution is -0.124. The molecule has 2 amide bonds. The molecule has 1 unspecified atom stereocenters. The molecule has 1 saturated heterocycles. The highest BCUT2D eigenvalue weighted by Crippen LogP contribution is 2.18. The summed E-state index contributed by atoms with van der Waals surface area (Å²) in [5.41, 5.74) is 2.37. The zero-order valence-electron chi connectivity index (χ0n) is 18.2. The van der Waals surface area contributed by atoms with E-state index >= 15 is 0 Å². The van der Waals surface area contributed by atoms with E-state index in [1.54, 1.807) is 6.07 Å². The van der Waals surface area contributed by atoms with Crippen LogP contribution in [0.5, 0.6) is 0 Å². The van der Waals surface area contributed by atoms with Crippen LogP contribution in [0.1, 0.15) is 54.4 Å². The molecule has 2 N–H and O–H groups in total. The molecule has 1 atom stereocenters. The van der Waals surface area contributed by atoms with Gasteiger partial charge in [0.1, 0.15) is 6.04 Å². The van der Waals surface area contributed by atoms with Gasteiger partial charge < -0.3 is 10.6 Å². The Balaban J connectivity index is 1.49. The molecule has 0 bridgehead atoms. The van der Waals surface area contributed by atoms with Crippen LogP contribution in [0.2, 0.25) is 0 Å². The average Bonchev–Trinajstić information content (AvgIpc) is 3.27. The number of piperidine rings is 1. The van der Waals surface area contributed by atoms with Crippen molar-refractivity contribution in [1.29, 1.82) is 0 Å². The minimum atomic E-state index is -0.555. The van der Waals surface area contributed by atoms with E-state index in [0.717, 1.165) is 18.0 Å². The standard InChI is InChI=1S/C24H33N3O2S/c1-17(2)22(26-23(28)21-5-4-14-30-21)24(29)25-15-19-6-8-20(9-7-19)16-27-12-10-18(3)11-13-27/h4-9,14,17-18,22H,10-13,15-16H2,1-3H3,(H,25,29)(H,26,28). The van der Waals surface area contributed by atoms with Crippen molar-refractivity contribution in [1.82, 2.24) is 15.5 Å². The number of amides is 2. The van der Waals surface area contributed by atoms with Gasteiger partial charge in [0.25, 0.3) is 5.91 Å². The lowest BCUT2D eigenvalue weighted by atomic mass is 9.99. The lowest BCUT2D eigenvalue weighted by Gasteiger charge is -2.30. The van der Waals surface area contributed by atoms with Crippen molar-refractivity contribution >= 4 is 23.2 Å². The molecule has 1 fully saturated rings. The molecule has 3 rings (SSSR count). The van der Waals surface area contributed by atoms with Crippen LogP contribution in [-0.2, 0) is 17.9 Å². The predicted octanol–water partition coefficient (Wildman–Crippen LogP) is 4.05. The van der Waals surface area contributed by atoms with E-state index in [1.165, 1.54) is 42.8 Å². The Kier molecular flexibility index (Phi) is 8.05. The van der Waals surface area contributed by atoms with Gasteiger partial charge in [-0.1, -0.05) is 51.1 Å². The quantitative estimate of drug-likeness (QED) is 0.668. The van der Waals surface area contributed by atoms with Gasteiger partial charge in [-0.05, 0) is 60.3 Å². The molecular weight excluding hydrogens is 394 g/mol. The van der Waals surface area contributed by atoms with Gasteiger partial charge in [-0.2, -0.15) is 0 Å². The molecule has 6 heteroatoms. The van der Waals surface area contributed by atoms with Crippen LogP contribution in [0, 0.1) is 11.8 Å². The summed E-state index contributed by atoms with van der Waals surface area (Å²) in [6.07, 6.45) is 2.56. The second-order valence-corrected chi connectivity index (χ2v) is 9.61. The number of hydrogen-bond acceptors (Lipinski definition) is 4. The minimum Gasteiger partial charge on any atom is -0.350 e. The van der Waals surface area contributed by atoms with Crippen LogP contribution in [0.15, 0.2) is 41.8 Å². The summed E-state index contributed by atoms with van der Waals surface area (Å²) in [6, 6.07) is 11.5. The van der Waals surface area contributed by atoms with Gasteiger partial charge in [0.15, 0.2) is 0 Å². The normalized spacial score (nSPS) is 16.4. The first-order valence-electron chi connectivity index (χ1n) is 10.8. The monoisotopic (exact) mass is 427 g/mol. The first kappa shape index (κ1) is 22.5. The number of nitrogens with zero attached hydrogens (tertiary/aromatic N) is 1. The van der Waals surface area contributed by atoms with Gasteiger partial charge in [-0.25, -0.2) is 0 Å². The van der Waals surface area contributed by atoms with Gasteiger partial charge in [0.05, 0.1) is 4.88 Å². The minimum absolute atomic E-state index is 0.00329. The fraction of sp³-hybridized carbons (Fsp3) is 0.500. The summed E-state index contributed by atoms with van der Waals surface area (Å²) in [5, 5.41) is 7.70. The van der Waals surface area contributed by atoms with Crippen molar-refractivity contribution in [3.05, 3.63) is 57.8 Å². The van der Waals surface area contributed by atoms with E-state index in [0.29, 0.717) is 11.4 Å². The Bertz CT molecular complexity index is 809. The highest BCUT2D eigenvalue weighted by molar-refractivity contribution is 7.12. The Labute approximate surface area is 183 Å². The van der Waals surface area contributed by atoms with E-state index in [-0.39, 0.29) is 17.7 Å². The third-order valence-electron chi connectivity index (χ3n) is 5.75. The fourth-order valence-electron chi connectivity index (χ4n) is 3.70. The molecule has 5 nitrogen and oxygen atoms in total. The van der Waals surface area contributed by atoms with E-state index in [2.05, 4.69) is 46.7 Å². The highest BCUT2D eigenvalue weighted by atomic mass is 32.1. The van der Waals surface area contributed by atoms with Crippen molar-refractivity contribution in [2.45, 2.75) is 52.7 Å². The first-order chi connectivity index (χ1) is 14.4. The summed E-state index contributed by atoms with van der Waals surface area (Å²) in [5.74, 6) is 0.497. The van der Waals surface area contributed by atoms with Crippen molar-refractivity contribution in [2.75, 3.05) is 13.1 Å². The third-order valence-corrected chi connectivity index (χ3v) is 6.62. The fourth-order valence-corrected chi connectivity index (χ4v) is 4.32. The molecular formula is C24H33N3O2S. The van der Waals surface area contributed by atoms with Gasteiger partial charge >= 0.3 is 0 Å². The van der Waals surface area contributed by atoms with Gasteiger partial charge in [-0.3, -0.25) is 14.5 Å². The predicted molar refractivity (Wildman–Crippen MR) is 122 cm³/mol. The van der Waals surface area contributed by atoms with Crippen LogP contribution in [0.25, 0.3) is 0 Å². The Morgan fingerprint density at radius 2 is 1.77 bits per heavy atom. The van der Waals surface area contributed by atoms with Crippen LogP contribution >= 0.6 is 11.3 Å². The molecule has 0 aliphatic carbocycles. The molecule has 162 valence electrons. The van der Waals surface area contributed by atoms with Gasteiger partial charge in [0, 0.05) is 13.1 Å². The third kappa shape index (κ3) is 6.41. The molecule has 1 aromatic heterocycles. The maximum absolute atomic E-state index is 12.7. The lowest BCUT2D eigenvalue weighted by Crippen LogP contribution is -2.49. The van der Waals surface area contributed by atoms with Crippen molar-refractivity contribution in [3.8, 4) is 0 Å². The number of carbonyl (C=O) groups is 2. The molecule has 0 radical (unpaired) electrons. The van der Waals surface area contributed by atoms with Crippen LogP contribution in [-0.4, -0.2) is 35.8 Å².